The number of hydrogen-bond donors (Lipinski definition) is 0. The molecule has 4 heteroatoms. The fourth-order valence-electron chi connectivity index (χ4n) is 1.53. The standard InChI is InChI=1S/C14H11ClF2O/c1-9-3-2-4-13(14(9)17)18-8-10-5-6-11(16)7-12(10)15/h2-7H,8H2,1H3. The van der Waals surface area contributed by atoms with E-state index in [1.54, 1.807) is 25.1 Å². The minimum absolute atomic E-state index is 0.0967. The van der Waals surface area contributed by atoms with Gasteiger partial charge in [0.1, 0.15) is 12.4 Å². The Kier molecular flexibility index (Phi) is 3.82. The summed E-state index contributed by atoms with van der Waals surface area (Å²) >= 11 is 5.85. The number of ether oxygens (including phenoxy) is 1. The lowest BCUT2D eigenvalue weighted by atomic mass is 10.2. The Morgan fingerprint density at radius 3 is 2.67 bits per heavy atom. The average molecular weight is 269 g/mol. The van der Waals surface area contributed by atoms with Gasteiger partial charge in [-0.25, -0.2) is 8.78 Å². The Morgan fingerprint density at radius 1 is 1.17 bits per heavy atom. The van der Waals surface area contributed by atoms with Crippen molar-refractivity contribution in [2.75, 3.05) is 0 Å². The summed E-state index contributed by atoms with van der Waals surface area (Å²) in [7, 11) is 0. The normalized spacial score (nSPS) is 10.4. The van der Waals surface area contributed by atoms with E-state index in [2.05, 4.69) is 0 Å². The quantitative estimate of drug-likeness (QED) is 0.796. The van der Waals surface area contributed by atoms with Crippen molar-refractivity contribution in [1.82, 2.24) is 0 Å². The molecule has 2 aromatic carbocycles. The highest BCUT2D eigenvalue weighted by Gasteiger charge is 2.07. The van der Waals surface area contributed by atoms with Crippen LogP contribution in [0.3, 0.4) is 0 Å². The first-order chi connectivity index (χ1) is 8.58. The fourth-order valence-corrected chi connectivity index (χ4v) is 1.75. The topological polar surface area (TPSA) is 9.23 Å². The number of aryl methyl sites for hydroxylation is 1. The zero-order chi connectivity index (χ0) is 13.1. The Bertz CT molecular complexity index is 570. The Morgan fingerprint density at radius 2 is 1.94 bits per heavy atom. The van der Waals surface area contributed by atoms with Crippen LogP contribution >= 0.6 is 11.6 Å². The molecule has 0 saturated heterocycles. The van der Waals surface area contributed by atoms with Gasteiger partial charge in [-0.3, -0.25) is 0 Å². The second kappa shape index (κ2) is 5.36. The molecule has 0 aliphatic carbocycles. The maximum atomic E-state index is 13.7. The molecule has 0 unspecified atom stereocenters. The molecule has 0 bridgehead atoms. The van der Waals surface area contributed by atoms with Gasteiger partial charge in [0.15, 0.2) is 11.6 Å². The van der Waals surface area contributed by atoms with E-state index in [0.29, 0.717) is 11.1 Å². The van der Waals surface area contributed by atoms with Gasteiger partial charge in [-0.2, -0.15) is 0 Å². The van der Waals surface area contributed by atoms with Crippen LogP contribution in [-0.4, -0.2) is 0 Å². The van der Waals surface area contributed by atoms with Gasteiger partial charge in [0.2, 0.25) is 0 Å². The second-order valence-electron chi connectivity index (χ2n) is 3.91. The minimum Gasteiger partial charge on any atom is -0.486 e. The van der Waals surface area contributed by atoms with Gasteiger partial charge in [-0.05, 0) is 30.7 Å². The van der Waals surface area contributed by atoms with E-state index in [4.69, 9.17) is 16.3 Å². The van der Waals surface area contributed by atoms with E-state index in [0.717, 1.165) is 0 Å². The third-order valence-electron chi connectivity index (χ3n) is 2.55. The molecule has 0 spiro atoms. The van der Waals surface area contributed by atoms with E-state index in [1.165, 1.54) is 18.2 Å². The van der Waals surface area contributed by atoms with Crippen LogP contribution in [0.2, 0.25) is 5.02 Å². The fraction of sp³-hybridized carbons (Fsp3) is 0.143. The highest BCUT2D eigenvalue weighted by atomic mass is 35.5. The van der Waals surface area contributed by atoms with Gasteiger partial charge in [-0.1, -0.05) is 29.8 Å². The molecule has 0 aromatic heterocycles. The predicted molar refractivity (Wildman–Crippen MR) is 66.9 cm³/mol. The van der Waals surface area contributed by atoms with Crippen LogP contribution in [0.1, 0.15) is 11.1 Å². The summed E-state index contributed by atoms with van der Waals surface area (Å²) in [5.41, 5.74) is 1.12. The second-order valence-corrected chi connectivity index (χ2v) is 4.32. The Balaban J connectivity index is 2.14. The van der Waals surface area contributed by atoms with Gasteiger partial charge in [0, 0.05) is 5.56 Å². The monoisotopic (exact) mass is 268 g/mol. The molecule has 0 atom stereocenters. The summed E-state index contributed by atoms with van der Waals surface area (Å²) in [4.78, 5) is 0. The summed E-state index contributed by atoms with van der Waals surface area (Å²) in [6.07, 6.45) is 0. The van der Waals surface area contributed by atoms with E-state index >= 15 is 0 Å². The molecule has 0 N–H and O–H groups in total. The molecule has 1 nitrogen and oxygen atoms in total. The maximum Gasteiger partial charge on any atom is 0.167 e. The Hall–Kier alpha value is -1.61. The van der Waals surface area contributed by atoms with E-state index in [-0.39, 0.29) is 17.4 Å². The van der Waals surface area contributed by atoms with Crippen molar-refractivity contribution in [3.63, 3.8) is 0 Å². The van der Waals surface area contributed by atoms with Crippen LogP contribution in [0, 0.1) is 18.6 Å². The molecule has 2 aromatic rings. The number of rotatable bonds is 3. The van der Waals surface area contributed by atoms with Gasteiger partial charge < -0.3 is 4.74 Å². The molecule has 0 amide bonds. The van der Waals surface area contributed by atoms with Crippen molar-refractivity contribution in [1.29, 1.82) is 0 Å². The summed E-state index contributed by atoms with van der Waals surface area (Å²) in [5, 5.41) is 0.267. The predicted octanol–water partition coefficient (Wildman–Crippen LogP) is 4.51. The number of halogens is 3. The highest BCUT2D eigenvalue weighted by molar-refractivity contribution is 6.31. The SMILES string of the molecule is Cc1cccc(OCc2ccc(F)cc2Cl)c1F. The molecule has 0 saturated carbocycles. The van der Waals surface area contributed by atoms with Gasteiger partial charge in [0.25, 0.3) is 0 Å². The van der Waals surface area contributed by atoms with Crippen LogP contribution < -0.4 is 4.74 Å². The smallest absolute Gasteiger partial charge is 0.167 e. The largest absolute Gasteiger partial charge is 0.486 e. The van der Waals surface area contributed by atoms with Gasteiger partial charge in [0.05, 0.1) is 5.02 Å². The molecule has 18 heavy (non-hydrogen) atoms. The highest BCUT2D eigenvalue weighted by Crippen LogP contribution is 2.23. The molecular weight excluding hydrogens is 258 g/mol. The van der Waals surface area contributed by atoms with Crippen molar-refractivity contribution in [2.45, 2.75) is 13.5 Å². The van der Waals surface area contributed by atoms with Crippen LogP contribution in [0.25, 0.3) is 0 Å². The van der Waals surface area contributed by atoms with Crippen molar-refractivity contribution < 1.29 is 13.5 Å². The van der Waals surface area contributed by atoms with Crippen LogP contribution in [-0.2, 0) is 6.61 Å². The lowest BCUT2D eigenvalue weighted by Crippen LogP contribution is -1.99. The van der Waals surface area contributed by atoms with Gasteiger partial charge >= 0.3 is 0 Å². The van der Waals surface area contributed by atoms with Crippen molar-refractivity contribution in [3.05, 3.63) is 64.2 Å². The molecule has 94 valence electrons. The first kappa shape index (κ1) is 12.8. The summed E-state index contributed by atoms with van der Waals surface area (Å²) < 4.78 is 31.8. The minimum atomic E-state index is -0.412. The molecule has 0 fully saturated rings. The van der Waals surface area contributed by atoms with Crippen molar-refractivity contribution >= 4 is 11.6 Å². The van der Waals surface area contributed by atoms with Crippen LogP contribution in [0.15, 0.2) is 36.4 Å². The zero-order valence-corrected chi connectivity index (χ0v) is 10.5. The van der Waals surface area contributed by atoms with Gasteiger partial charge in [-0.15, -0.1) is 0 Å². The van der Waals surface area contributed by atoms with Crippen LogP contribution in [0.5, 0.6) is 5.75 Å². The van der Waals surface area contributed by atoms with Crippen molar-refractivity contribution in [2.24, 2.45) is 0 Å². The molecule has 2 rings (SSSR count). The maximum absolute atomic E-state index is 13.7. The first-order valence-corrected chi connectivity index (χ1v) is 5.77. The number of benzene rings is 2. The molecule has 0 radical (unpaired) electrons. The molecular formula is C14H11ClF2O. The third-order valence-corrected chi connectivity index (χ3v) is 2.91. The average Bonchev–Trinajstić information content (AvgIpc) is 2.33. The zero-order valence-electron chi connectivity index (χ0n) is 9.71. The number of hydrogen-bond acceptors (Lipinski definition) is 1. The summed E-state index contributed by atoms with van der Waals surface area (Å²) in [6, 6.07) is 8.92. The third kappa shape index (κ3) is 2.79. The first-order valence-electron chi connectivity index (χ1n) is 5.40. The summed E-state index contributed by atoms with van der Waals surface area (Å²) in [5.74, 6) is -0.642. The Labute approximate surface area is 109 Å². The van der Waals surface area contributed by atoms with Crippen LogP contribution in [0.4, 0.5) is 8.78 Å². The molecule has 0 aliphatic heterocycles. The van der Waals surface area contributed by atoms with E-state index in [1.807, 2.05) is 0 Å². The molecule has 0 heterocycles. The summed E-state index contributed by atoms with van der Waals surface area (Å²) in [6.45, 7) is 1.76. The lowest BCUT2D eigenvalue weighted by Gasteiger charge is -2.09. The van der Waals surface area contributed by atoms with Crippen molar-refractivity contribution in [3.8, 4) is 5.75 Å². The lowest BCUT2D eigenvalue weighted by molar-refractivity contribution is 0.289. The van der Waals surface area contributed by atoms with E-state index in [9.17, 15) is 8.78 Å². The van der Waals surface area contributed by atoms with E-state index < -0.39 is 11.6 Å². The molecule has 0 aliphatic rings.